The molecule has 0 aliphatic carbocycles. The molecule has 0 bridgehead atoms. The van der Waals surface area contributed by atoms with Gasteiger partial charge in [-0.3, -0.25) is 0 Å². The Morgan fingerprint density at radius 1 is 1.50 bits per heavy atom. The van der Waals surface area contributed by atoms with E-state index in [1.54, 1.807) is 6.20 Å². The van der Waals surface area contributed by atoms with Gasteiger partial charge in [-0.25, -0.2) is 4.98 Å². The van der Waals surface area contributed by atoms with Gasteiger partial charge < -0.3 is 10.3 Å². The van der Waals surface area contributed by atoms with Gasteiger partial charge in [-0.05, 0) is 30.7 Å². The van der Waals surface area contributed by atoms with Crippen molar-refractivity contribution in [1.29, 1.82) is 0 Å². The van der Waals surface area contributed by atoms with Gasteiger partial charge in [-0.15, -0.1) is 12.3 Å². The summed E-state index contributed by atoms with van der Waals surface area (Å²) in [4.78, 5) is 7.41. The van der Waals surface area contributed by atoms with Crippen LogP contribution in [0.4, 0.5) is 0 Å². The highest BCUT2D eigenvalue weighted by atomic mass is 14.9. The number of hydrogen-bond donors (Lipinski definition) is 2. The van der Waals surface area contributed by atoms with Gasteiger partial charge in [0.15, 0.2) is 0 Å². The molecule has 0 amide bonds. The monoisotopic (exact) mass is 213 g/mol. The van der Waals surface area contributed by atoms with Crippen molar-refractivity contribution in [2.45, 2.75) is 19.4 Å². The average molecular weight is 213 g/mol. The second kappa shape index (κ2) is 5.34. The lowest BCUT2D eigenvalue weighted by atomic mass is 10.2. The van der Waals surface area contributed by atoms with E-state index in [1.807, 2.05) is 12.3 Å². The molecule has 0 atom stereocenters. The van der Waals surface area contributed by atoms with Crippen molar-refractivity contribution < 1.29 is 0 Å². The summed E-state index contributed by atoms with van der Waals surface area (Å²) in [7, 11) is 0. The summed E-state index contributed by atoms with van der Waals surface area (Å²) >= 11 is 0. The zero-order valence-electron chi connectivity index (χ0n) is 9.16. The van der Waals surface area contributed by atoms with E-state index in [-0.39, 0.29) is 0 Å². The molecule has 2 aromatic rings. The van der Waals surface area contributed by atoms with E-state index in [9.17, 15) is 0 Å². The van der Waals surface area contributed by atoms with Gasteiger partial charge in [0.2, 0.25) is 0 Å². The minimum atomic E-state index is 0.836. The van der Waals surface area contributed by atoms with Crippen molar-refractivity contribution in [2.24, 2.45) is 0 Å². The number of aromatic nitrogens is 2. The first-order valence-electron chi connectivity index (χ1n) is 5.47. The molecule has 0 aliphatic heterocycles. The van der Waals surface area contributed by atoms with Gasteiger partial charge in [-0.2, -0.15) is 0 Å². The predicted molar refractivity (Wildman–Crippen MR) is 65.9 cm³/mol. The van der Waals surface area contributed by atoms with E-state index in [0.29, 0.717) is 0 Å². The van der Waals surface area contributed by atoms with Crippen LogP contribution in [0.25, 0.3) is 11.0 Å². The van der Waals surface area contributed by atoms with Crippen LogP contribution in [0.3, 0.4) is 0 Å². The maximum absolute atomic E-state index is 5.19. The largest absolute Gasteiger partial charge is 0.346 e. The second-order valence-electron chi connectivity index (χ2n) is 3.70. The zero-order chi connectivity index (χ0) is 11.2. The van der Waals surface area contributed by atoms with E-state index in [4.69, 9.17) is 6.42 Å². The van der Waals surface area contributed by atoms with E-state index in [0.717, 1.165) is 31.6 Å². The van der Waals surface area contributed by atoms with E-state index < -0.39 is 0 Å². The van der Waals surface area contributed by atoms with Crippen LogP contribution in [0.2, 0.25) is 0 Å². The molecule has 2 heterocycles. The number of terminal acetylenes is 1. The Morgan fingerprint density at radius 3 is 3.31 bits per heavy atom. The molecule has 0 aliphatic rings. The molecule has 82 valence electrons. The number of pyridine rings is 1. The summed E-state index contributed by atoms with van der Waals surface area (Å²) in [5.41, 5.74) is 2.20. The number of aromatic amines is 1. The van der Waals surface area contributed by atoms with Crippen LogP contribution in [0, 0.1) is 12.3 Å². The standard InChI is InChI=1S/C13H15N3/c1-2-3-4-7-14-9-11-10-16-13-12(11)6-5-8-15-13/h1,5-6,8,10,14H,3-4,7,9H2,(H,15,16). The van der Waals surface area contributed by atoms with Crippen LogP contribution in [0.5, 0.6) is 0 Å². The molecule has 0 fully saturated rings. The summed E-state index contributed by atoms with van der Waals surface area (Å²) < 4.78 is 0. The van der Waals surface area contributed by atoms with E-state index in [1.165, 1.54) is 10.9 Å². The Kier molecular flexibility index (Phi) is 3.58. The van der Waals surface area contributed by atoms with Crippen molar-refractivity contribution >= 4 is 11.0 Å². The fourth-order valence-electron chi connectivity index (χ4n) is 1.70. The van der Waals surface area contributed by atoms with Crippen LogP contribution >= 0.6 is 0 Å². The normalized spacial score (nSPS) is 10.4. The van der Waals surface area contributed by atoms with Crippen LogP contribution in [0.1, 0.15) is 18.4 Å². The third kappa shape index (κ3) is 2.41. The minimum Gasteiger partial charge on any atom is -0.346 e. The minimum absolute atomic E-state index is 0.836. The Bertz CT molecular complexity index is 493. The molecule has 2 N–H and O–H groups in total. The summed E-state index contributed by atoms with van der Waals surface area (Å²) in [6, 6.07) is 4.04. The van der Waals surface area contributed by atoms with Gasteiger partial charge in [0.05, 0.1) is 0 Å². The highest BCUT2D eigenvalue weighted by Gasteiger charge is 2.02. The third-order valence-corrected chi connectivity index (χ3v) is 2.53. The lowest BCUT2D eigenvalue weighted by Gasteiger charge is -2.01. The molecule has 0 aromatic carbocycles. The third-order valence-electron chi connectivity index (χ3n) is 2.53. The number of rotatable bonds is 5. The molecule has 0 radical (unpaired) electrons. The zero-order valence-corrected chi connectivity index (χ0v) is 9.16. The van der Waals surface area contributed by atoms with Crippen molar-refractivity contribution in [3.05, 3.63) is 30.1 Å². The average Bonchev–Trinajstić information content (AvgIpc) is 2.73. The van der Waals surface area contributed by atoms with Gasteiger partial charge in [0.1, 0.15) is 5.65 Å². The van der Waals surface area contributed by atoms with Crippen molar-refractivity contribution in [3.63, 3.8) is 0 Å². The quantitative estimate of drug-likeness (QED) is 0.589. The van der Waals surface area contributed by atoms with Crippen LogP contribution < -0.4 is 5.32 Å². The highest BCUT2D eigenvalue weighted by molar-refractivity contribution is 5.79. The van der Waals surface area contributed by atoms with Gasteiger partial charge in [0.25, 0.3) is 0 Å². The first kappa shape index (κ1) is 10.7. The van der Waals surface area contributed by atoms with Crippen molar-refractivity contribution in [3.8, 4) is 12.3 Å². The second-order valence-corrected chi connectivity index (χ2v) is 3.70. The lowest BCUT2D eigenvalue weighted by Crippen LogP contribution is -2.14. The Hall–Kier alpha value is -1.79. The number of unbranched alkanes of at least 4 members (excludes halogenated alkanes) is 1. The molecule has 2 rings (SSSR count). The van der Waals surface area contributed by atoms with E-state index in [2.05, 4.69) is 27.3 Å². The lowest BCUT2D eigenvalue weighted by molar-refractivity contribution is 0.661. The maximum atomic E-state index is 5.19. The SMILES string of the molecule is C#CCCCNCc1c[nH]c2ncccc12. The highest BCUT2D eigenvalue weighted by Crippen LogP contribution is 2.14. The molecule has 3 nitrogen and oxygen atoms in total. The number of nitrogens with one attached hydrogen (secondary N) is 2. The first-order valence-corrected chi connectivity index (χ1v) is 5.47. The molecular weight excluding hydrogens is 198 g/mol. The molecule has 2 aromatic heterocycles. The summed E-state index contributed by atoms with van der Waals surface area (Å²) in [5, 5.41) is 4.56. The maximum Gasteiger partial charge on any atom is 0.137 e. The molecule has 0 spiro atoms. The van der Waals surface area contributed by atoms with Crippen LogP contribution in [-0.2, 0) is 6.54 Å². The van der Waals surface area contributed by atoms with Gasteiger partial charge in [-0.1, -0.05) is 0 Å². The fraction of sp³-hybridized carbons (Fsp3) is 0.308. The van der Waals surface area contributed by atoms with Crippen molar-refractivity contribution in [1.82, 2.24) is 15.3 Å². The van der Waals surface area contributed by atoms with Gasteiger partial charge in [0, 0.05) is 30.7 Å². The number of H-pyrrole nitrogens is 1. The topological polar surface area (TPSA) is 40.7 Å². The number of hydrogen-bond acceptors (Lipinski definition) is 2. The molecule has 0 saturated heterocycles. The van der Waals surface area contributed by atoms with E-state index >= 15 is 0 Å². The Morgan fingerprint density at radius 2 is 2.44 bits per heavy atom. The fourth-order valence-corrected chi connectivity index (χ4v) is 1.70. The molecule has 16 heavy (non-hydrogen) atoms. The first-order chi connectivity index (χ1) is 7.92. The molecule has 3 heteroatoms. The smallest absolute Gasteiger partial charge is 0.137 e. The molecule has 0 unspecified atom stereocenters. The summed E-state index contributed by atoms with van der Waals surface area (Å²) in [6.45, 7) is 1.81. The Balaban J connectivity index is 1.92. The molecular formula is C13H15N3. The van der Waals surface area contributed by atoms with Crippen LogP contribution in [0.15, 0.2) is 24.5 Å². The summed E-state index contributed by atoms with van der Waals surface area (Å²) in [6.07, 6.45) is 10.8. The number of nitrogens with zero attached hydrogens (tertiary/aromatic N) is 1. The molecule has 0 saturated carbocycles. The van der Waals surface area contributed by atoms with Gasteiger partial charge >= 0.3 is 0 Å². The predicted octanol–water partition coefficient (Wildman–Crippen LogP) is 2.07. The van der Waals surface area contributed by atoms with Crippen molar-refractivity contribution in [2.75, 3.05) is 6.54 Å². The van der Waals surface area contributed by atoms with Crippen LogP contribution in [-0.4, -0.2) is 16.5 Å². The number of fused-ring (bicyclic) bond motifs is 1. The summed E-state index contributed by atoms with van der Waals surface area (Å²) in [5.74, 6) is 2.63. The Labute approximate surface area is 95.3 Å².